The Morgan fingerprint density at radius 3 is 2.33 bits per heavy atom. The number of rotatable bonds is 4. The molecule has 0 atom stereocenters. The average Bonchev–Trinajstić information content (AvgIpc) is 2.27. The van der Waals surface area contributed by atoms with Crippen LogP contribution < -0.4 is 9.88 Å². The molecule has 2 N–H and O–H groups in total. The van der Waals surface area contributed by atoms with Crippen LogP contribution in [0.4, 0.5) is 0 Å². The molecule has 18 heavy (non-hydrogen) atoms. The largest absolute Gasteiger partial charge is 0.495 e. The molecule has 0 bridgehead atoms. The predicted molar refractivity (Wildman–Crippen MR) is 66.9 cm³/mol. The second kappa shape index (κ2) is 4.53. The van der Waals surface area contributed by atoms with Crippen LogP contribution in [0.3, 0.4) is 0 Å². The van der Waals surface area contributed by atoms with Crippen molar-refractivity contribution in [3.05, 3.63) is 23.8 Å². The Kier molecular flexibility index (Phi) is 3.35. The smallest absolute Gasteiger partial charge is 0.241 e. The highest BCUT2D eigenvalue weighted by Gasteiger charge is 2.39. The minimum absolute atomic E-state index is 0.00539. The molecule has 1 saturated carbocycles. The van der Waals surface area contributed by atoms with Gasteiger partial charge in [-0.15, -0.1) is 0 Å². The fourth-order valence-electron chi connectivity index (χ4n) is 2.29. The maximum Gasteiger partial charge on any atom is 0.241 e. The molecule has 0 saturated heterocycles. The molecule has 0 spiro atoms. The standard InChI is InChI=1S/C12H17NO4S/c1-16-10-5-4-9(8-11(10)18(13,14)15)12(17-2)6-3-7-12/h4-5,8H,3,6-7H2,1-2H3,(H2,13,14,15). The molecule has 6 heteroatoms. The first-order valence-electron chi connectivity index (χ1n) is 5.69. The van der Waals surface area contributed by atoms with Crippen molar-refractivity contribution < 1.29 is 17.9 Å². The molecule has 0 heterocycles. The molecule has 1 aliphatic rings. The number of benzene rings is 1. The summed E-state index contributed by atoms with van der Waals surface area (Å²) >= 11 is 0. The summed E-state index contributed by atoms with van der Waals surface area (Å²) in [5, 5.41) is 5.20. The minimum atomic E-state index is -3.80. The second-order valence-electron chi connectivity index (χ2n) is 4.46. The molecule has 0 amide bonds. The Hall–Kier alpha value is -1.11. The van der Waals surface area contributed by atoms with Gasteiger partial charge in [0.05, 0.1) is 12.7 Å². The fourth-order valence-corrected chi connectivity index (χ4v) is 3.01. The molecule has 2 rings (SSSR count). The van der Waals surface area contributed by atoms with Crippen molar-refractivity contribution in [3.8, 4) is 5.75 Å². The molecule has 100 valence electrons. The van der Waals surface area contributed by atoms with Crippen LogP contribution in [0.5, 0.6) is 5.75 Å². The molecule has 1 fully saturated rings. The number of hydrogen-bond acceptors (Lipinski definition) is 4. The van der Waals surface area contributed by atoms with Gasteiger partial charge in [-0.25, -0.2) is 13.6 Å². The van der Waals surface area contributed by atoms with E-state index in [1.165, 1.54) is 7.11 Å². The summed E-state index contributed by atoms with van der Waals surface area (Å²) in [6, 6.07) is 5.00. The molecular formula is C12H17NO4S. The van der Waals surface area contributed by atoms with E-state index >= 15 is 0 Å². The maximum absolute atomic E-state index is 11.5. The van der Waals surface area contributed by atoms with Crippen molar-refractivity contribution >= 4 is 10.0 Å². The zero-order valence-corrected chi connectivity index (χ0v) is 11.3. The molecule has 0 radical (unpaired) electrons. The molecule has 1 aromatic rings. The minimum Gasteiger partial charge on any atom is -0.495 e. The highest BCUT2D eigenvalue weighted by Crippen LogP contribution is 2.45. The Bertz CT molecular complexity index is 544. The average molecular weight is 271 g/mol. The highest BCUT2D eigenvalue weighted by atomic mass is 32.2. The third-order valence-electron chi connectivity index (χ3n) is 3.55. The van der Waals surface area contributed by atoms with Gasteiger partial charge in [0.15, 0.2) is 0 Å². The number of sulfonamides is 1. The third kappa shape index (κ3) is 2.11. The van der Waals surface area contributed by atoms with Gasteiger partial charge in [0.1, 0.15) is 10.6 Å². The van der Waals surface area contributed by atoms with Crippen molar-refractivity contribution in [1.82, 2.24) is 0 Å². The van der Waals surface area contributed by atoms with Crippen LogP contribution in [0.25, 0.3) is 0 Å². The van der Waals surface area contributed by atoms with Gasteiger partial charge < -0.3 is 9.47 Å². The molecule has 1 aliphatic carbocycles. The summed E-state index contributed by atoms with van der Waals surface area (Å²) < 4.78 is 33.6. The highest BCUT2D eigenvalue weighted by molar-refractivity contribution is 7.89. The number of nitrogens with two attached hydrogens (primary N) is 1. The van der Waals surface area contributed by atoms with Crippen LogP contribution in [0, 0.1) is 0 Å². The SMILES string of the molecule is COc1ccc(C2(OC)CCC2)cc1S(N)(=O)=O. The summed E-state index contributed by atoms with van der Waals surface area (Å²) in [5.74, 6) is 0.256. The Labute approximate surface area is 107 Å². The van der Waals surface area contributed by atoms with E-state index in [-0.39, 0.29) is 16.2 Å². The molecule has 0 aliphatic heterocycles. The van der Waals surface area contributed by atoms with Gasteiger partial charge in [-0.3, -0.25) is 0 Å². The lowest BCUT2D eigenvalue weighted by atomic mass is 9.75. The molecular weight excluding hydrogens is 254 g/mol. The molecule has 0 aromatic heterocycles. The molecule has 5 nitrogen and oxygen atoms in total. The lowest BCUT2D eigenvalue weighted by Gasteiger charge is -2.41. The van der Waals surface area contributed by atoms with Crippen LogP contribution in [0.2, 0.25) is 0 Å². The number of ether oxygens (including phenoxy) is 2. The quantitative estimate of drug-likeness (QED) is 0.897. The van der Waals surface area contributed by atoms with Gasteiger partial charge in [-0.2, -0.15) is 0 Å². The summed E-state index contributed by atoms with van der Waals surface area (Å²) in [4.78, 5) is 0.00539. The molecule has 0 unspecified atom stereocenters. The first-order valence-corrected chi connectivity index (χ1v) is 7.24. The maximum atomic E-state index is 11.5. The van der Waals surface area contributed by atoms with Crippen LogP contribution >= 0.6 is 0 Å². The van der Waals surface area contributed by atoms with Crippen molar-refractivity contribution in [2.45, 2.75) is 29.8 Å². The molecule has 1 aromatic carbocycles. The second-order valence-corrected chi connectivity index (χ2v) is 5.99. The van der Waals surface area contributed by atoms with Crippen molar-refractivity contribution in [2.75, 3.05) is 14.2 Å². The Balaban J connectivity index is 2.53. The summed E-state index contributed by atoms with van der Waals surface area (Å²) in [7, 11) is -0.747. The number of hydrogen-bond donors (Lipinski definition) is 1. The third-order valence-corrected chi connectivity index (χ3v) is 4.48. The number of methoxy groups -OCH3 is 2. The zero-order chi connectivity index (χ0) is 13.4. The van der Waals surface area contributed by atoms with Crippen LogP contribution in [-0.2, 0) is 20.4 Å². The summed E-state index contributed by atoms with van der Waals surface area (Å²) in [5.41, 5.74) is 0.465. The van der Waals surface area contributed by atoms with Gasteiger partial charge >= 0.3 is 0 Å². The van der Waals surface area contributed by atoms with E-state index in [1.807, 2.05) is 6.07 Å². The van der Waals surface area contributed by atoms with Gasteiger partial charge in [0.25, 0.3) is 0 Å². The normalized spacial score (nSPS) is 18.2. The van der Waals surface area contributed by atoms with E-state index < -0.39 is 10.0 Å². The van der Waals surface area contributed by atoms with E-state index in [4.69, 9.17) is 14.6 Å². The van der Waals surface area contributed by atoms with E-state index in [1.54, 1.807) is 19.2 Å². The summed E-state index contributed by atoms with van der Waals surface area (Å²) in [6.07, 6.45) is 2.85. The van der Waals surface area contributed by atoms with E-state index in [0.717, 1.165) is 24.8 Å². The topological polar surface area (TPSA) is 78.6 Å². The van der Waals surface area contributed by atoms with Gasteiger partial charge in [-0.05, 0) is 37.0 Å². The van der Waals surface area contributed by atoms with Crippen LogP contribution in [-0.4, -0.2) is 22.6 Å². The Morgan fingerprint density at radius 2 is 1.94 bits per heavy atom. The zero-order valence-electron chi connectivity index (χ0n) is 10.5. The summed E-state index contributed by atoms with van der Waals surface area (Å²) in [6.45, 7) is 0. The van der Waals surface area contributed by atoms with Gasteiger partial charge in [0, 0.05) is 7.11 Å². The fraction of sp³-hybridized carbons (Fsp3) is 0.500. The van der Waals surface area contributed by atoms with Gasteiger partial charge in [0.2, 0.25) is 10.0 Å². The van der Waals surface area contributed by atoms with Crippen molar-refractivity contribution in [1.29, 1.82) is 0 Å². The predicted octanol–water partition coefficient (Wildman–Crippen LogP) is 1.37. The van der Waals surface area contributed by atoms with E-state index in [2.05, 4.69) is 0 Å². The van der Waals surface area contributed by atoms with Crippen LogP contribution in [0.1, 0.15) is 24.8 Å². The van der Waals surface area contributed by atoms with E-state index in [9.17, 15) is 8.42 Å². The van der Waals surface area contributed by atoms with Crippen molar-refractivity contribution in [2.24, 2.45) is 5.14 Å². The van der Waals surface area contributed by atoms with E-state index in [0.29, 0.717) is 0 Å². The monoisotopic (exact) mass is 271 g/mol. The number of primary sulfonamides is 1. The van der Waals surface area contributed by atoms with Crippen molar-refractivity contribution in [3.63, 3.8) is 0 Å². The lowest BCUT2D eigenvalue weighted by Crippen LogP contribution is -2.36. The Morgan fingerprint density at radius 1 is 1.28 bits per heavy atom. The van der Waals surface area contributed by atoms with Crippen LogP contribution in [0.15, 0.2) is 23.1 Å². The first kappa shape index (κ1) is 13.3. The first-order chi connectivity index (χ1) is 8.43. The lowest BCUT2D eigenvalue weighted by molar-refractivity contribution is -0.0780. The van der Waals surface area contributed by atoms with Gasteiger partial charge in [-0.1, -0.05) is 6.07 Å².